The molecule has 6 heteroatoms. The maximum atomic E-state index is 11.0. The van der Waals surface area contributed by atoms with Crippen molar-refractivity contribution in [3.05, 3.63) is 99.1 Å². The van der Waals surface area contributed by atoms with Crippen molar-refractivity contribution < 1.29 is 4.92 Å². The first-order valence-electron chi connectivity index (χ1n) is 9.85. The van der Waals surface area contributed by atoms with Crippen molar-refractivity contribution in [2.45, 2.75) is 20.8 Å². The van der Waals surface area contributed by atoms with Gasteiger partial charge in [-0.25, -0.2) is 9.98 Å². The third-order valence-electron chi connectivity index (χ3n) is 4.99. The summed E-state index contributed by atoms with van der Waals surface area (Å²) in [5.74, 6) is 0. The summed E-state index contributed by atoms with van der Waals surface area (Å²) in [5.41, 5.74) is 7.34. The van der Waals surface area contributed by atoms with Gasteiger partial charge in [0.1, 0.15) is 0 Å². The first-order valence-corrected chi connectivity index (χ1v) is 10.7. The normalized spacial score (nSPS) is 11.2. The van der Waals surface area contributed by atoms with Crippen molar-refractivity contribution in [3.63, 3.8) is 0 Å². The second-order valence-electron chi connectivity index (χ2n) is 7.47. The summed E-state index contributed by atoms with van der Waals surface area (Å²) in [6.45, 7) is 6.18. The second kappa shape index (κ2) is 8.62. The third-order valence-corrected chi connectivity index (χ3v) is 6.01. The number of nitro groups is 1. The number of thiazole rings is 1. The highest BCUT2D eigenvalue weighted by Gasteiger charge is 2.17. The molecule has 0 amide bonds. The number of aryl methyl sites for hydroxylation is 3. The molecule has 1 aromatic heterocycles. The highest BCUT2D eigenvalue weighted by Crippen LogP contribution is 2.41. The van der Waals surface area contributed by atoms with Crippen LogP contribution in [-0.4, -0.2) is 16.1 Å². The Labute approximate surface area is 184 Å². The van der Waals surface area contributed by atoms with Gasteiger partial charge in [0.15, 0.2) is 0 Å². The van der Waals surface area contributed by atoms with Gasteiger partial charge in [-0.3, -0.25) is 10.1 Å². The standard InChI is InChI=1S/C25H21N3O2S/c1-16-4-7-19(8-5-16)15-26-25-27-23(22-13-6-17(2)14-18(22)3)24(31-25)20-9-11-21(12-10-20)28(29)30/h4-15H,1-3H3. The van der Waals surface area contributed by atoms with Crippen LogP contribution in [0.2, 0.25) is 0 Å². The maximum absolute atomic E-state index is 11.0. The topological polar surface area (TPSA) is 68.4 Å². The fourth-order valence-corrected chi connectivity index (χ4v) is 4.27. The number of hydrogen-bond acceptors (Lipinski definition) is 5. The molecule has 154 valence electrons. The monoisotopic (exact) mass is 427 g/mol. The summed E-state index contributed by atoms with van der Waals surface area (Å²) in [4.78, 5) is 21.0. The highest BCUT2D eigenvalue weighted by atomic mass is 32.1. The molecule has 0 aliphatic rings. The molecule has 4 rings (SSSR count). The molecule has 0 saturated carbocycles. The van der Waals surface area contributed by atoms with Gasteiger partial charge in [-0.2, -0.15) is 0 Å². The number of nitrogens with zero attached hydrogens (tertiary/aromatic N) is 3. The lowest BCUT2D eigenvalue weighted by Gasteiger charge is -2.07. The fraction of sp³-hybridized carbons (Fsp3) is 0.120. The highest BCUT2D eigenvalue weighted by molar-refractivity contribution is 7.19. The average molecular weight is 428 g/mol. The molecule has 1 heterocycles. The van der Waals surface area contributed by atoms with E-state index >= 15 is 0 Å². The molecule has 0 fully saturated rings. The summed E-state index contributed by atoms with van der Waals surface area (Å²) in [6.07, 6.45) is 1.81. The van der Waals surface area contributed by atoms with Crippen LogP contribution in [0.4, 0.5) is 10.8 Å². The first-order chi connectivity index (χ1) is 14.9. The van der Waals surface area contributed by atoms with Crippen LogP contribution >= 0.6 is 11.3 Å². The van der Waals surface area contributed by atoms with Crippen molar-refractivity contribution >= 4 is 28.4 Å². The molecule has 0 unspecified atom stereocenters. The van der Waals surface area contributed by atoms with Crippen LogP contribution in [0, 0.1) is 30.9 Å². The zero-order valence-corrected chi connectivity index (χ0v) is 18.3. The van der Waals surface area contributed by atoms with Gasteiger partial charge < -0.3 is 0 Å². The summed E-state index contributed by atoms with van der Waals surface area (Å²) < 4.78 is 0. The molecule has 0 atom stereocenters. The molecule has 4 aromatic rings. The van der Waals surface area contributed by atoms with E-state index in [2.05, 4.69) is 44.0 Å². The first kappa shape index (κ1) is 20.6. The Hall–Kier alpha value is -3.64. The van der Waals surface area contributed by atoms with E-state index in [0.29, 0.717) is 5.13 Å². The summed E-state index contributed by atoms with van der Waals surface area (Å²) in [7, 11) is 0. The number of nitro benzene ring substituents is 1. The lowest BCUT2D eigenvalue weighted by Crippen LogP contribution is -1.89. The molecule has 0 saturated heterocycles. The molecule has 0 N–H and O–H groups in total. The third kappa shape index (κ3) is 4.59. The van der Waals surface area contributed by atoms with Crippen LogP contribution in [0.15, 0.2) is 71.7 Å². The van der Waals surface area contributed by atoms with Crippen molar-refractivity contribution in [2.24, 2.45) is 4.99 Å². The number of benzene rings is 3. The quantitative estimate of drug-likeness (QED) is 0.194. The van der Waals surface area contributed by atoms with Crippen molar-refractivity contribution in [1.29, 1.82) is 0 Å². The Morgan fingerprint density at radius 3 is 2.26 bits per heavy atom. The smallest absolute Gasteiger partial charge is 0.258 e. The van der Waals surface area contributed by atoms with E-state index in [1.54, 1.807) is 12.1 Å². The molecular formula is C25H21N3O2S. The van der Waals surface area contributed by atoms with Crippen LogP contribution < -0.4 is 0 Å². The molecule has 0 aliphatic heterocycles. The Morgan fingerprint density at radius 1 is 0.935 bits per heavy atom. The van der Waals surface area contributed by atoms with Gasteiger partial charge in [-0.15, -0.1) is 0 Å². The molecule has 5 nitrogen and oxygen atoms in total. The van der Waals surface area contributed by atoms with Gasteiger partial charge in [0.2, 0.25) is 5.13 Å². The minimum atomic E-state index is -0.390. The Morgan fingerprint density at radius 2 is 1.61 bits per heavy atom. The van der Waals surface area contributed by atoms with E-state index in [-0.39, 0.29) is 5.69 Å². The lowest BCUT2D eigenvalue weighted by atomic mass is 10.0. The average Bonchev–Trinajstić information content (AvgIpc) is 3.17. The van der Waals surface area contributed by atoms with E-state index in [1.807, 2.05) is 30.5 Å². The fourth-order valence-electron chi connectivity index (χ4n) is 3.34. The van der Waals surface area contributed by atoms with Gasteiger partial charge in [0, 0.05) is 23.9 Å². The van der Waals surface area contributed by atoms with E-state index in [1.165, 1.54) is 34.6 Å². The van der Waals surface area contributed by atoms with Crippen LogP contribution in [0.5, 0.6) is 0 Å². The molecule has 31 heavy (non-hydrogen) atoms. The van der Waals surface area contributed by atoms with Gasteiger partial charge in [0.05, 0.1) is 15.5 Å². The minimum Gasteiger partial charge on any atom is -0.258 e. The zero-order chi connectivity index (χ0) is 22.0. The van der Waals surface area contributed by atoms with Crippen LogP contribution in [-0.2, 0) is 0 Å². The van der Waals surface area contributed by atoms with E-state index < -0.39 is 4.92 Å². The van der Waals surface area contributed by atoms with Crippen molar-refractivity contribution in [2.75, 3.05) is 0 Å². The molecule has 0 radical (unpaired) electrons. The van der Waals surface area contributed by atoms with Crippen LogP contribution in [0.25, 0.3) is 21.7 Å². The molecular weight excluding hydrogens is 406 g/mol. The lowest BCUT2D eigenvalue weighted by molar-refractivity contribution is -0.384. The Bertz CT molecular complexity index is 1270. The summed E-state index contributed by atoms with van der Waals surface area (Å²) in [5, 5.41) is 11.7. The Balaban J connectivity index is 1.79. The van der Waals surface area contributed by atoms with E-state index in [4.69, 9.17) is 4.98 Å². The van der Waals surface area contributed by atoms with Gasteiger partial charge in [-0.05, 0) is 49.6 Å². The van der Waals surface area contributed by atoms with Crippen molar-refractivity contribution in [1.82, 2.24) is 4.98 Å². The van der Waals surface area contributed by atoms with Crippen LogP contribution in [0.1, 0.15) is 22.3 Å². The summed E-state index contributed by atoms with van der Waals surface area (Å²) >= 11 is 1.48. The van der Waals surface area contributed by atoms with E-state index in [9.17, 15) is 10.1 Å². The minimum absolute atomic E-state index is 0.0685. The van der Waals surface area contributed by atoms with Crippen LogP contribution in [0.3, 0.4) is 0 Å². The predicted molar refractivity (Wildman–Crippen MR) is 128 cm³/mol. The SMILES string of the molecule is Cc1ccc(C=Nc2nc(-c3ccc(C)cc3C)c(-c3ccc([N+](=O)[O-])cc3)s2)cc1. The molecule has 0 spiro atoms. The number of rotatable bonds is 5. The van der Waals surface area contributed by atoms with E-state index in [0.717, 1.165) is 32.8 Å². The predicted octanol–water partition coefficient (Wildman–Crippen LogP) is 7.06. The van der Waals surface area contributed by atoms with Gasteiger partial charge in [0.25, 0.3) is 5.69 Å². The second-order valence-corrected chi connectivity index (χ2v) is 8.44. The molecule has 0 aliphatic carbocycles. The largest absolute Gasteiger partial charge is 0.269 e. The number of aliphatic imine (C=N–C) groups is 1. The van der Waals surface area contributed by atoms with Gasteiger partial charge >= 0.3 is 0 Å². The number of non-ortho nitro benzene ring substituents is 1. The van der Waals surface area contributed by atoms with Gasteiger partial charge in [-0.1, -0.05) is 64.9 Å². The molecule has 0 bridgehead atoms. The Kier molecular flexibility index (Phi) is 5.73. The number of aromatic nitrogens is 1. The maximum Gasteiger partial charge on any atom is 0.269 e. The van der Waals surface area contributed by atoms with Crippen molar-refractivity contribution in [3.8, 4) is 21.7 Å². The zero-order valence-electron chi connectivity index (χ0n) is 17.5. The summed E-state index contributed by atoms with van der Waals surface area (Å²) in [6, 6.07) is 21.0. The number of hydrogen-bond donors (Lipinski definition) is 0. The molecule has 3 aromatic carbocycles.